The summed E-state index contributed by atoms with van der Waals surface area (Å²) in [5.41, 5.74) is 0.283. The van der Waals surface area contributed by atoms with Crippen molar-refractivity contribution in [2.24, 2.45) is 0 Å². The predicted molar refractivity (Wildman–Crippen MR) is 71.5 cm³/mol. The molecule has 0 spiro atoms. The van der Waals surface area contributed by atoms with Crippen LogP contribution in [0, 0.1) is 0 Å². The lowest BCUT2D eigenvalue weighted by molar-refractivity contribution is 0.0770. The molecule has 1 saturated heterocycles. The monoisotopic (exact) mass is 352 g/mol. The molecule has 0 saturated carbocycles. The maximum absolute atomic E-state index is 12.2. The van der Waals surface area contributed by atoms with E-state index in [2.05, 4.69) is 20.9 Å². The van der Waals surface area contributed by atoms with Crippen LogP contribution in [0.5, 0.6) is 0 Å². The Balaban J connectivity index is 2.20. The molecule has 1 aliphatic rings. The zero-order chi connectivity index (χ0) is 13.3. The van der Waals surface area contributed by atoms with Crippen LogP contribution in [0.25, 0.3) is 0 Å². The Hall–Kier alpha value is -0.660. The Bertz CT molecular complexity index is 577. The predicted octanol–water partition coefficient (Wildman–Crippen LogP) is 1.37. The van der Waals surface area contributed by atoms with Crippen molar-refractivity contribution >= 4 is 43.3 Å². The van der Waals surface area contributed by atoms with Gasteiger partial charge in [0.15, 0.2) is 9.84 Å². The number of sulfone groups is 1. The number of aromatic nitrogens is 1. The van der Waals surface area contributed by atoms with E-state index in [-0.39, 0.29) is 41.2 Å². The fraction of sp³-hybridized carbons (Fsp3) is 0.400. The smallest absolute Gasteiger partial charge is 0.257 e. The third-order valence-electron chi connectivity index (χ3n) is 2.67. The highest BCUT2D eigenvalue weighted by atomic mass is 79.9. The molecule has 0 unspecified atom stereocenters. The quantitative estimate of drug-likeness (QED) is 0.715. The Kier molecular flexibility index (Phi) is 3.93. The van der Waals surface area contributed by atoms with Crippen molar-refractivity contribution < 1.29 is 13.2 Å². The third kappa shape index (κ3) is 3.02. The maximum atomic E-state index is 12.2. The topological polar surface area (TPSA) is 67.3 Å². The molecule has 1 amide bonds. The molecule has 5 nitrogen and oxygen atoms in total. The van der Waals surface area contributed by atoms with Crippen molar-refractivity contribution in [3.8, 4) is 0 Å². The number of nitrogens with zero attached hydrogens (tertiary/aromatic N) is 2. The number of carbonyl (C=O) groups excluding carboxylic acids is 1. The van der Waals surface area contributed by atoms with Crippen LogP contribution in [0.1, 0.15) is 10.4 Å². The van der Waals surface area contributed by atoms with Gasteiger partial charge in [-0.2, -0.15) is 0 Å². The van der Waals surface area contributed by atoms with E-state index in [0.29, 0.717) is 4.47 Å². The van der Waals surface area contributed by atoms with Gasteiger partial charge in [0.25, 0.3) is 5.91 Å². The van der Waals surface area contributed by atoms with E-state index in [9.17, 15) is 13.2 Å². The number of amides is 1. The highest BCUT2D eigenvalue weighted by molar-refractivity contribution is 9.10. The number of pyridine rings is 1. The van der Waals surface area contributed by atoms with E-state index in [4.69, 9.17) is 11.6 Å². The summed E-state index contributed by atoms with van der Waals surface area (Å²) in [5, 5.41) is 0.122. The lowest BCUT2D eigenvalue weighted by Gasteiger charge is -2.26. The van der Waals surface area contributed by atoms with Gasteiger partial charge in [0.2, 0.25) is 0 Å². The van der Waals surface area contributed by atoms with Gasteiger partial charge in [0, 0.05) is 23.8 Å². The molecular formula is C10H10BrClN2O3S. The van der Waals surface area contributed by atoms with E-state index >= 15 is 0 Å². The molecule has 8 heteroatoms. The van der Waals surface area contributed by atoms with E-state index in [1.165, 1.54) is 11.1 Å². The summed E-state index contributed by atoms with van der Waals surface area (Å²) in [4.78, 5) is 17.5. The zero-order valence-corrected chi connectivity index (χ0v) is 12.4. The maximum Gasteiger partial charge on any atom is 0.257 e. The zero-order valence-electron chi connectivity index (χ0n) is 9.27. The van der Waals surface area contributed by atoms with Crippen molar-refractivity contribution in [3.05, 3.63) is 27.5 Å². The average molecular weight is 354 g/mol. The van der Waals surface area contributed by atoms with Crippen molar-refractivity contribution in [3.63, 3.8) is 0 Å². The summed E-state index contributed by atoms with van der Waals surface area (Å²) in [6, 6.07) is 1.58. The number of rotatable bonds is 1. The number of hydrogen-bond acceptors (Lipinski definition) is 4. The van der Waals surface area contributed by atoms with Gasteiger partial charge in [-0.15, -0.1) is 0 Å². The third-order valence-corrected chi connectivity index (χ3v) is 5.01. The van der Waals surface area contributed by atoms with Crippen molar-refractivity contribution in [1.82, 2.24) is 9.88 Å². The summed E-state index contributed by atoms with van der Waals surface area (Å²) in [7, 11) is -3.00. The Labute approximate surface area is 118 Å². The van der Waals surface area contributed by atoms with Crippen LogP contribution in [0.4, 0.5) is 0 Å². The van der Waals surface area contributed by atoms with Crippen LogP contribution in [0.2, 0.25) is 5.15 Å². The molecule has 18 heavy (non-hydrogen) atoms. The SMILES string of the molecule is O=C(c1cc(Br)cnc1Cl)N1CCS(=O)(=O)CC1. The first-order valence-electron chi connectivity index (χ1n) is 5.20. The minimum atomic E-state index is -3.00. The van der Waals surface area contributed by atoms with E-state index in [1.807, 2.05) is 0 Å². The number of hydrogen-bond donors (Lipinski definition) is 0. The first-order valence-corrected chi connectivity index (χ1v) is 8.19. The highest BCUT2D eigenvalue weighted by Gasteiger charge is 2.27. The fourth-order valence-corrected chi connectivity index (χ4v) is 3.38. The molecule has 98 valence electrons. The van der Waals surface area contributed by atoms with Crippen molar-refractivity contribution in [1.29, 1.82) is 0 Å². The van der Waals surface area contributed by atoms with Gasteiger partial charge in [0.05, 0.1) is 17.1 Å². The van der Waals surface area contributed by atoms with Crippen LogP contribution < -0.4 is 0 Å². The lowest BCUT2D eigenvalue weighted by atomic mass is 10.2. The van der Waals surface area contributed by atoms with Gasteiger partial charge in [-0.05, 0) is 22.0 Å². The Morgan fingerprint density at radius 1 is 1.39 bits per heavy atom. The van der Waals surface area contributed by atoms with Gasteiger partial charge in [-0.25, -0.2) is 13.4 Å². The normalized spacial score (nSPS) is 18.7. The number of halogens is 2. The average Bonchev–Trinajstić information content (AvgIpc) is 2.31. The molecule has 1 aliphatic heterocycles. The molecule has 1 fully saturated rings. The lowest BCUT2D eigenvalue weighted by Crippen LogP contribution is -2.43. The molecule has 0 aromatic carbocycles. The molecule has 2 rings (SSSR count). The van der Waals surface area contributed by atoms with Crippen LogP contribution in [-0.4, -0.2) is 48.8 Å². The fourth-order valence-electron chi connectivity index (χ4n) is 1.66. The second-order valence-electron chi connectivity index (χ2n) is 3.94. The second kappa shape index (κ2) is 5.14. The summed E-state index contributed by atoms with van der Waals surface area (Å²) in [5.74, 6) is -0.293. The largest absolute Gasteiger partial charge is 0.337 e. The summed E-state index contributed by atoms with van der Waals surface area (Å²) in [6.45, 7) is 0.397. The minimum absolute atomic E-state index is 0.00219. The molecular weight excluding hydrogens is 344 g/mol. The van der Waals surface area contributed by atoms with Crippen LogP contribution >= 0.6 is 27.5 Å². The number of carbonyl (C=O) groups is 1. The first-order chi connectivity index (χ1) is 8.39. The molecule has 1 aromatic rings. The molecule has 2 heterocycles. The summed E-state index contributed by atoms with van der Waals surface area (Å²) >= 11 is 9.09. The molecule has 0 radical (unpaired) electrons. The van der Waals surface area contributed by atoms with Gasteiger partial charge in [-0.3, -0.25) is 4.79 Å². The highest BCUT2D eigenvalue weighted by Crippen LogP contribution is 2.20. The van der Waals surface area contributed by atoms with Gasteiger partial charge in [-0.1, -0.05) is 11.6 Å². The first kappa shape index (κ1) is 13.8. The molecule has 0 atom stereocenters. The Morgan fingerprint density at radius 3 is 2.61 bits per heavy atom. The van der Waals surface area contributed by atoms with Crippen molar-refractivity contribution in [2.75, 3.05) is 24.6 Å². The molecule has 1 aromatic heterocycles. The summed E-state index contributed by atoms with van der Waals surface area (Å²) in [6.07, 6.45) is 1.50. The molecule has 0 N–H and O–H groups in total. The van der Waals surface area contributed by atoms with Crippen LogP contribution in [0.15, 0.2) is 16.7 Å². The summed E-state index contributed by atoms with van der Waals surface area (Å²) < 4.78 is 23.2. The van der Waals surface area contributed by atoms with E-state index < -0.39 is 9.84 Å². The van der Waals surface area contributed by atoms with Crippen LogP contribution in [0.3, 0.4) is 0 Å². The standard InChI is InChI=1S/C10H10BrClN2O3S/c11-7-5-8(9(12)13-6-7)10(15)14-1-3-18(16,17)4-2-14/h5-6H,1-4H2. The Morgan fingerprint density at radius 2 is 2.00 bits per heavy atom. The molecule has 0 bridgehead atoms. The van der Waals surface area contributed by atoms with Gasteiger partial charge in [0.1, 0.15) is 5.15 Å². The molecule has 0 aliphatic carbocycles. The van der Waals surface area contributed by atoms with Gasteiger partial charge >= 0.3 is 0 Å². The van der Waals surface area contributed by atoms with E-state index in [0.717, 1.165) is 0 Å². The van der Waals surface area contributed by atoms with Crippen LogP contribution in [-0.2, 0) is 9.84 Å². The second-order valence-corrected chi connectivity index (χ2v) is 7.51. The minimum Gasteiger partial charge on any atom is -0.337 e. The van der Waals surface area contributed by atoms with E-state index in [1.54, 1.807) is 6.07 Å². The van der Waals surface area contributed by atoms with Gasteiger partial charge < -0.3 is 4.90 Å². The van der Waals surface area contributed by atoms with Crippen molar-refractivity contribution in [2.45, 2.75) is 0 Å².